The van der Waals surface area contributed by atoms with Gasteiger partial charge in [-0.3, -0.25) is 4.79 Å². The third-order valence-electron chi connectivity index (χ3n) is 3.58. The lowest BCUT2D eigenvalue weighted by molar-refractivity contribution is 0.0519. The van der Waals surface area contributed by atoms with Crippen LogP contribution < -0.4 is 0 Å². The van der Waals surface area contributed by atoms with E-state index in [0.29, 0.717) is 29.4 Å². The average molecular weight is 331 g/mol. The molecule has 0 saturated heterocycles. The van der Waals surface area contributed by atoms with Crippen molar-refractivity contribution >= 4 is 23.5 Å². The number of fused-ring (bicyclic) bond motifs is 1. The number of amides is 1. The normalized spacial score (nSPS) is 13.1. The van der Waals surface area contributed by atoms with Gasteiger partial charge in [0, 0.05) is 17.1 Å². The molecule has 23 heavy (non-hydrogen) atoms. The first-order chi connectivity index (χ1) is 11.1. The number of benzene rings is 1. The number of carbonyl (C=O) groups excluding carboxylic acids is 2. The molecular formula is C17H15ClN2O3. The SMILES string of the molecule is CCOC(=O)c1cc(Cl)cc(CN2Cc3ccccc3C2=O)n1. The average Bonchev–Trinajstić information content (AvgIpc) is 2.84. The molecule has 1 aromatic carbocycles. The number of ether oxygens (including phenoxy) is 1. The molecule has 0 saturated carbocycles. The fourth-order valence-corrected chi connectivity index (χ4v) is 2.81. The minimum Gasteiger partial charge on any atom is -0.461 e. The molecule has 1 aliphatic heterocycles. The van der Waals surface area contributed by atoms with E-state index >= 15 is 0 Å². The van der Waals surface area contributed by atoms with E-state index in [1.54, 1.807) is 17.9 Å². The minimum absolute atomic E-state index is 0.0416. The summed E-state index contributed by atoms with van der Waals surface area (Å²) in [7, 11) is 0. The number of hydrogen-bond donors (Lipinski definition) is 0. The topological polar surface area (TPSA) is 59.5 Å². The summed E-state index contributed by atoms with van der Waals surface area (Å²) in [5.74, 6) is -0.563. The summed E-state index contributed by atoms with van der Waals surface area (Å²) in [4.78, 5) is 30.1. The number of halogens is 1. The van der Waals surface area contributed by atoms with Gasteiger partial charge in [0.2, 0.25) is 0 Å². The van der Waals surface area contributed by atoms with Crippen LogP contribution in [0.3, 0.4) is 0 Å². The van der Waals surface area contributed by atoms with Crippen LogP contribution in [0.5, 0.6) is 0 Å². The smallest absolute Gasteiger partial charge is 0.356 e. The summed E-state index contributed by atoms with van der Waals surface area (Å²) in [5, 5.41) is 0.391. The zero-order valence-electron chi connectivity index (χ0n) is 12.6. The quantitative estimate of drug-likeness (QED) is 0.808. The maximum atomic E-state index is 12.4. The lowest BCUT2D eigenvalue weighted by atomic mass is 10.1. The Balaban J connectivity index is 1.82. The summed E-state index contributed by atoms with van der Waals surface area (Å²) in [6, 6.07) is 10.6. The molecule has 0 bridgehead atoms. The molecule has 118 valence electrons. The maximum Gasteiger partial charge on any atom is 0.356 e. The second-order valence-corrected chi connectivity index (χ2v) is 5.64. The van der Waals surface area contributed by atoms with Crippen LogP contribution in [0.4, 0.5) is 0 Å². The standard InChI is InChI=1S/C17H15ClN2O3/c1-2-23-17(22)15-8-12(18)7-13(19-15)10-20-9-11-5-3-4-6-14(11)16(20)21/h3-8H,2,9-10H2,1H3. The van der Waals surface area contributed by atoms with Crippen molar-refractivity contribution in [2.45, 2.75) is 20.0 Å². The summed E-state index contributed by atoms with van der Waals surface area (Å²) < 4.78 is 4.94. The van der Waals surface area contributed by atoms with Crippen LogP contribution in [0.25, 0.3) is 0 Å². The summed E-state index contributed by atoms with van der Waals surface area (Å²) in [6.07, 6.45) is 0. The summed E-state index contributed by atoms with van der Waals surface area (Å²) in [5.41, 5.74) is 2.41. The van der Waals surface area contributed by atoms with Gasteiger partial charge in [0.15, 0.2) is 0 Å². The molecule has 2 aromatic rings. The molecule has 0 aliphatic carbocycles. The van der Waals surface area contributed by atoms with E-state index in [0.717, 1.165) is 5.56 Å². The van der Waals surface area contributed by atoms with Crippen molar-refractivity contribution in [1.29, 1.82) is 0 Å². The van der Waals surface area contributed by atoms with Crippen molar-refractivity contribution in [1.82, 2.24) is 9.88 Å². The number of pyridine rings is 1. The van der Waals surface area contributed by atoms with E-state index in [1.165, 1.54) is 6.07 Å². The second kappa shape index (κ2) is 6.38. The molecule has 1 aliphatic rings. The van der Waals surface area contributed by atoms with E-state index in [9.17, 15) is 9.59 Å². The van der Waals surface area contributed by atoms with Gasteiger partial charge in [0.05, 0.1) is 18.8 Å². The highest BCUT2D eigenvalue weighted by Gasteiger charge is 2.27. The van der Waals surface area contributed by atoms with Crippen LogP contribution >= 0.6 is 11.6 Å². The molecule has 0 fully saturated rings. The first-order valence-corrected chi connectivity index (χ1v) is 7.67. The number of aromatic nitrogens is 1. The molecule has 1 amide bonds. The molecule has 5 nitrogen and oxygen atoms in total. The van der Waals surface area contributed by atoms with Crippen molar-refractivity contribution in [3.8, 4) is 0 Å². The molecule has 0 spiro atoms. The van der Waals surface area contributed by atoms with Gasteiger partial charge in [0.25, 0.3) is 5.91 Å². The molecule has 0 atom stereocenters. The molecule has 2 heterocycles. The van der Waals surface area contributed by atoms with Crippen LogP contribution in [0.2, 0.25) is 5.02 Å². The molecule has 0 N–H and O–H groups in total. The van der Waals surface area contributed by atoms with Crippen molar-refractivity contribution in [3.05, 3.63) is 63.9 Å². The number of nitrogens with zero attached hydrogens (tertiary/aromatic N) is 2. The Morgan fingerprint density at radius 2 is 2.13 bits per heavy atom. The van der Waals surface area contributed by atoms with Gasteiger partial charge < -0.3 is 9.64 Å². The van der Waals surface area contributed by atoms with Gasteiger partial charge in [-0.1, -0.05) is 29.8 Å². The molecular weight excluding hydrogens is 316 g/mol. The van der Waals surface area contributed by atoms with Crippen LogP contribution in [-0.4, -0.2) is 28.4 Å². The van der Waals surface area contributed by atoms with Gasteiger partial charge in [-0.15, -0.1) is 0 Å². The molecule has 6 heteroatoms. The Morgan fingerprint density at radius 1 is 1.35 bits per heavy atom. The Labute approximate surface area is 138 Å². The first kappa shape index (κ1) is 15.5. The van der Waals surface area contributed by atoms with E-state index in [-0.39, 0.29) is 18.2 Å². The summed E-state index contributed by atoms with van der Waals surface area (Å²) >= 11 is 6.05. The highest BCUT2D eigenvalue weighted by molar-refractivity contribution is 6.30. The lowest BCUT2D eigenvalue weighted by Crippen LogP contribution is -2.24. The Bertz CT molecular complexity index is 776. The van der Waals surface area contributed by atoms with Crippen LogP contribution in [0, 0.1) is 0 Å². The molecule has 0 radical (unpaired) electrons. The van der Waals surface area contributed by atoms with Crippen LogP contribution in [0.1, 0.15) is 39.0 Å². The predicted molar refractivity (Wildman–Crippen MR) is 85.2 cm³/mol. The van der Waals surface area contributed by atoms with Crippen molar-refractivity contribution in [2.24, 2.45) is 0 Å². The predicted octanol–water partition coefficient (Wildman–Crippen LogP) is 3.07. The number of esters is 1. The van der Waals surface area contributed by atoms with Gasteiger partial charge in [-0.25, -0.2) is 9.78 Å². The van der Waals surface area contributed by atoms with Gasteiger partial charge in [-0.05, 0) is 30.7 Å². The number of hydrogen-bond acceptors (Lipinski definition) is 4. The minimum atomic E-state index is -0.521. The van der Waals surface area contributed by atoms with E-state index in [4.69, 9.17) is 16.3 Å². The molecule has 1 aromatic heterocycles. The fraction of sp³-hybridized carbons (Fsp3) is 0.235. The van der Waals surface area contributed by atoms with E-state index in [2.05, 4.69) is 4.98 Å². The highest BCUT2D eigenvalue weighted by atomic mass is 35.5. The fourth-order valence-electron chi connectivity index (χ4n) is 2.58. The van der Waals surface area contributed by atoms with Crippen LogP contribution in [0.15, 0.2) is 36.4 Å². The Kier molecular flexibility index (Phi) is 4.30. The number of carbonyl (C=O) groups is 2. The lowest BCUT2D eigenvalue weighted by Gasteiger charge is -2.15. The molecule has 0 unspecified atom stereocenters. The first-order valence-electron chi connectivity index (χ1n) is 7.29. The monoisotopic (exact) mass is 330 g/mol. The zero-order valence-corrected chi connectivity index (χ0v) is 13.3. The van der Waals surface area contributed by atoms with Crippen molar-refractivity contribution in [3.63, 3.8) is 0 Å². The van der Waals surface area contributed by atoms with Crippen molar-refractivity contribution < 1.29 is 14.3 Å². The Morgan fingerprint density at radius 3 is 2.87 bits per heavy atom. The third-order valence-corrected chi connectivity index (χ3v) is 3.80. The maximum absolute atomic E-state index is 12.4. The third kappa shape index (κ3) is 3.19. The number of rotatable bonds is 4. The van der Waals surface area contributed by atoms with Gasteiger partial charge in [-0.2, -0.15) is 0 Å². The summed E-state index contributed by atoms with van der Waals surface area (Å²) in [6.45, 7) is 2.81. The van der Waals surface area contributed by atoms with Gasteiger partial charge in [0.1, 0.15) is 5.69 Å². The van der Waals surface area contributed by atoms with Crippen molar-refractivity contribution in [2.75, 3.05) is 6.61 Å². The largest absolute Gasteiger partial charge is 0.461 e. The van der Waals surface area contributed by atoms with E-state index < -0.39 is 5.97 Å². The Hall–Kier alpha value is -2.40. The van der Waals surface area contributed by atoms with Crippen LogP contribution in [-0.2, 0) is 17.8 Å². The molecule has 3 rings (SSSR count). The zero-order chi connectivity index (χ0) is 16.4. The van der Waals surface area contributed by atoms with Gasteiger partial charge >= 0.3 is 5.97 Å². The highest BCUT2D eigenvalue weighted by Crippen LogP contribution is 2.24. The van der Waals surface area contributed by atoms with E-state index in [1.807, 2.05) is 24.3 Å². The second-order valence-electron chi connectivity index (χ2n) is 5.20.